The van der Waals surface area contributed by atoms with E-state index in [1.807, 2.05) is 13.8 Å². The van der Waals surface area contributed by atoms with Crippen molar-refractivity contribution >= 4 is 17.4 Å². The van der Waals surface area contributed by atoms with Gasteiger partial charge in [0, 0.05) is 0 Å². The molecule has 1 aromatic carbocycles. The quantitative estimate of drug-likeness (QED) is 0.758. The molecule has 4 heteroatoms. The minimum absolute atomic E-state index is 0.0326. The fraction of sp³-hybridized carbons (Fsp3) is 0.462. The lowest BCUT2D eigenvalue weighted by Gasteiger charge is -2.15. The molecule has 0 N–H and O–H groups in total. The summed E-state index contributed by atoms with van der Waals surface area (Å²) < 4.78 is 10.8. The standard InChI is InChI=1S/C13H17ClO3/c1-8(2)17-12-7-10(13(14)9(3)15)5-6-11(12)16-4/h5-8,13H,1-4H3. The topological polar surface area (TPSA) is 35.5 Å². The molecule has 94 valence electrons. The molecule has 0 heterocycles. The molecule has 0 radical (unpaired) electrons. The second-order valence-corrected chi connectivity index (χ2v) is 4.49. The summed E-state index contributed by atoms with van der Waals surface area (Å²) in [4.78, 5) is 11.2. The molecule has 1 aromatic rings. The van der Waals surface area contributed by atoms with Crippen molar-refractivity contribution in [1.29, 1.82) is 0 Å². The Morgan fingerprint density at radius 2 is 1.94 bits per heavy atom. The highest BCUT2D eigenvalue weighted by atomic mass is 35.5. The summed E-state index contributed by atoms with van der Waals surface area (Å²) in [6, 6.07) is 5.27. The Balaban J connectivity index is 3.08. The average molecular weight is 257 g/mol. The van der Waals surface area contributed by atoms with E-state index in [4.69, 9.17) is 21.1 Å². The molecule has 0 aliphatic rings. The number of Topliss-reactive ketones (excluding diaryl/α,β-unsaturated/α-hetero) is 1. The molecule has 0 bridgehead atoms. The molecule has 0 aromatic heterocycles. The van der Waals surface area contributed by atoms with E-state index < -0.39 is 5.38 Å². The zero-order chi connectivity index (χ0) is 13.0. The van der Waals surface area contributed by atoms with E-state index in [0.29, 0.717) is 11.5 Å². The molecule has 3 nitrogen and oxygen atoms in total. The van der Waals surface area contributed by atoms with Crippen LogP contribution >= 0.6 is 11.6 Å². The molecular formula is C13H17ClO3. The van der Waals surface area contributed by atoms with Gasteiger partial charge in [-0.15, -0.1) is 11.6 Å². The number of ether oxygens (including phenoxy) is 2. The zero-order valence-electron chi connectivity index (χ0n) is 10.5. The molecule has 1 unspecified atom stereocenters. The van der Waals surface area contributed by atoms with Gasteiger partial charge in [-0.2, -0.15) is 0 Å². The van der Waals surface area contributed by atoms with Crippen molar-refractivity contribution in [3.8, 4) is 11.5 Å². The molecule has 0 aliphatic heterocycles. The average Bonchev–Trinajstić information content (AvgIpc) is 2.27. The molecule has 0 aliphatic carbocycles. The first kappa shape index (κ1) is 13.8. The van der Waals surface area contributed by atoms with Gasteiger partial charge in [0.15, 0.2) is 17.3 Å². The molecular weight excluding hydrogens is 240 g/mol. The molecule has 17 heavy (non-hydrogen) atoms. The Hall–Kier alpha value is -1.22. The Bertz CT molecular complexity index is 402. The van der Waals surface area contributed by atoms with E-state index in [-0.39, 0.29) is 11.9 Å². The number of halogens is 1. The molecule has 0 amide bonds. The van der Waals surface area contributed by atoms with E-state index in [1.165, 1.54) is 6.92 Å². The first-order chi connectivity index (χ1) is 7.95. The number of alkyl halides is 1. The predicted octanol–water partition coefficient (Wildman–Crippen LogP) is 3.35. The number of ketones is 1. The van der Waals surface area contributed by atoms with Crippen LogP contribution in [0.1, 0.15) is 31.7 Å². The van der Waals surface area contributed by atoms with Crippen LogP contribution in [0, 0.1) is 0 Å². The van der Waals surface area contributed by atoms with Crippen molar-refractivity contribution < 1.29 is 14.3 Å². The number of methoxy groups -OCH3 is 1. The lowest BCUT2D eigenvalue weighted by Crippen LogP contribution is -2.08. The Morgan fingerprint density at radius 3 is 2.41 bits per heavy atom. The van der Waals surface area contributed by atoms with Gasteiger partial charge in [-0.05, 0) is 38.5 Å². The number of carbonyl (C=O) groups is 1. The maximum Gasteiger partial charge on any atom is 0.161 e. The summed E-state index contributed by atoms with van der Waals surface area (Å²) in [5, 5.41) is -0.643. The number of rotatable bonds is 5. The normalized spacial score (nSPS) is 12.4. The van der Waals surface area contributed by atoms with Gasteiger partial charge in [0.2, 0.25) is 0 Å². The number of carbonyl (C=O) groups excluding carboxylic acids is 1. The summed E-state index contributed by atoms with van der Waals surface area (Å²) in [6.07, 6.45) is 0.0326. The summed E-state index contributed by atoms with van der Waals surface area (Å²) in [6.45, 7) is 5.31. The molecule has 0 saturated carbocycles. The monoisotopic (exact) mass is 256 g/mol. The second-order valence-electron chi connectivity index (χ2n) is 4.05. The fourth-order valence-electron chi connectivity index (χ4n) is 1.43. The SMILES string of the molecule is COc1ccc(C(Cl)C(C)=O)cc1OC(C)C. The van der Waals surface area contributed by atoms with E-state index in [9.17, 15) is 4.79 Å². The van der Waals surface area contributed by atoms with Crippen molar-refractivity contribution in [2.75, 3.05) is 7.11 Å². The molecule has 0 spiro atoms. The third kappa shape index (κ3) is 3.63. The lowest BCUT2D eigenvalue weighted by atomic mass is 10.1. The molecule has 1 atom stereocenters. The number of hydrogen-bond acceptors (Lipinski definition) is 3. The van der Waals surface area contributed by atoms with Crippen molar-refractivity contribution in [1.82, 2.24) is 0 Å². The van der Waals surface area contributed by atoms with Gasteiger partial charge in [0.1, 0.15) is 5.38 Å². The third-order valence-electron chi connectivity index (χ3n) is 2.20. The largest absolute Gasteiger partial charge is 0.493 e. The van der Waals surface area contributed by atoms with E-state index in [1.54, 1.807) is 25.3 Å². The van der Waals surface area contributed by atoms with Gasteiger partial charge >= 0.3 is 0 Å². The van der Waals surface area contributed by atoms with Crippen LogP contribution in [-0.4, -0.2) is 19.0 Å². The first-order valence-corrected chi connectivity index (χ1v) is 5.88. The van der Waals surface area contributed by atoms with Gasteiger partial charge in [-0.1, -0.05) is 6.07 Å². The minimum atomic E-state index is -0.643. The fourth-order valence-corrected chi connectivity index (χ4v) is 1.57. The van der Waals surface area contributed by atoms with Crippen molar-refractivity contribution in [3.05, 3.63) is 23.8 Å². The van der Waals surface area contributed by atoms with E-state index in [2.05, 4.69) is 0 Å². The smallest absolute Gasteiger partial charge is 0.161 e. The molecule has 0 fully saturated rings. The van der Waals surface area contributed by atoms with Crippen molar-refractivity contribution in [2.45, 2.75) is 32.3 Å². The van der Waals surface area contributed by atoms with Crippen molar-refractivity contribution in [3.63, 3.8) is 0 Å². The maximum absolute atomic E-state index is 11.2. The Kier molecular flexibility index (Phi) is 4.82. The van der Waals surface area contributed by atoms with Crippen LogP contribution in [0.5, 0.6) is 11.5 Å². The van der Waals surface area contributed by atoms with Gasteiger partial charge < -0.3 is 9.47 Å². The van der Waals surface area contributed by atoms with Crippen LogP contribution in [0.3, 0.4) is 0 Å². The van der Waals surface area contributed by atoms with Crippen LogP contribution in [0.15, 0.2) is 18.2 Å². The predicted molar refractivity (Wildman–Crippen MR) is 68.0 cm³/mol. The molecule has 0 saturated heterocycles. The highest BCUT2D eigenvalue weighted by Gasteiger charge is 2.16. The van der Waals surface area contributed by atoms with Crippen LogP contribution < -0.4 is 9.47 Å². The van der Waals surface area contributed by atoms with Gasteiger partial charge in [0.25, 0.3) is 0 Å². The first-order valence-electron chi connectivity index (χ1n) is 5.44. The third-order valence-corrected chi connectivity index (χ3v) is 2.76. The summed E-state index contributed by atoms with van der Waals surface area (Å²) in [5.74, 6) is 1.15. The zero-order valence-corrected chi connectivity index (χ0v) is 11.2. The van der Waals surface area contributed by atoms with E-state index in [0.717, 1.165) is 5.56 Å². The van der Waals surface area contributed by atoms with Crippen molar-refractivity contribution in [2.24, 2.45) is 0 Å². The second kappa shape index (κ2) is 5.92. The maximum atomic E-state index is 11.2. The lowest BCUT2D eigenvalue weighted by molar-refractivity contribution is -0.116. The van der Waals surface area contributed by atoms with Gasteiger partial charge in [-0.3, -0.25) is 4.79 Å². The van der Waals surface area contributed by atoms with Gasteiger partial charge in [0.05, 0.1) is 13.2 Å². The summed E-state index contributed by atoms with van der Waals surface area (Å²) >= 11 is 6.00. The van der Waals surface area contributed by atoms with E-state index >= 15 is 0 Å². The minimum Gasteiger partial charge on any atom is -0.493 e. The van der Waals surface area contributed by atoms with Crippen LogP contribution in [0.4, 0.5) is 0 Å². The number of hydrogen-bond donors (Lipinski definition) is 0. The van der Waals surface area contributed by atoms with Crippen LogP contribution in [0.2, 0.25) is 0 Å². The van der Waals surface area contributed by atoms with Gasteiger partial charge in [-0.25, -0.2) is 0 Å². The highest BCUT2D eigenvalue weighted by molar-refractivity contribution is 6.30. The summed E-state index contributed by atoms with van der Waals surface area (Å²) in [5.41, 5.74) is 0.718. The number of benzene rings is 1. The molecule has 1 rings (SSSR count). The van der Waals surface area contributed by atoms with Crippen LogP contribution in [-0.2, 0) is 4.79 Å². The summed E-state index contributed by atoms with van der Waals surface area (Å²) in [7, 11) is 1.57. The van der Waals surface area contributed by atoms with Crippen LogP contribution in [0.25, 0.3) is 0 Å². The Morgan fingerprint density at radius 1 is 1.29 bits per heavy atom. The Labute approximate surface area is 107 Å². The highest BCUT2D eigenvalue weighted by Crippen LogP contribution is 2.33.